The van der Waals surface area contributed by atoms with Crippen molar-refractivity contribution in [2.75, 3.05) is 14.1 Å². The number of hydrogen-bond acceptors (Lipinski definition) is 3. The van der Waals surface area contributed by atoms with Crippen LogP contribution in [0.2, 0.25) is 0 Å². The van der Waals surface area contributed by atoms with Gasteiger partial charge in [-0.15, -0.1) is 0 Å². The lowest BCUT2D eigenvalue weighted by Gasteiger charge is -2.28. The summed E-state index contributed by atoms with van der Waals surface area (Å²) in [5.74, 6) is 0.266. The lowest BCUT2D eigenvalue weighted by atomic mass is 9.82. The van der Waals surface area contributed by atoms with Gasteiger partial charge in [0.05, 0.1) is 0 Å². The fourth-order valence-electron chi connectivity index (χ4n) is 3.18. The number of likely N-dealkylation sites (N-methyl/N-ethyl adjacent to an activating group) is 1. The molecule has 0 saturated carbocycles. The SMILES string of the molecule is CN=C1NC(c2ccc(OC(F)F)cc2)(c2cccc(C)c2)C(=O)N1C. The number of amides is 1. The second-order valence-electron chi connectivity index (χ2n) is 6.06. The standard InChI is InChI=1S/C19H19F2N3O2/c1-12-5-4-6-14(11-12)19(16(25)24(3)18(22-2)23-19)13-7-9-15(10-8-13)26-17(20)21/h4-11,17H,1-3H3,(H,22,23). The number of aliphatic imine (C=N–C) groups is 1. The number of nitrogens with zero attached hydrogens (tertiary/aromatic N) is 2. The molecule has 0 aromatic heterocycles. The quantitative estimate of drug-likeness (QED) is 0.913. The Morgan fingerprint density at radius 2 is 1.85 bits per heavy atom. The van der Waals surface area contributed by atoms with Crippen LogP contribution in [0.3, 0.4) is 0 Å². The van der Waals surface area contributed by atoms with Crippen molar-refractivity contribution in [1.82, 2.24) is 10.2 Å². The average Bonchev–Trinajstić information content (AvgIpc) is 2.87. The maximum absolute atomic E-state index is 13.2. The summed E-state index contributed by atoms with van der Waals surface area (Å²) < 4.78 is 29.2. The summed E-state index contributed by atoms with van der Waals surface area (Å²) in [6.07, 6.45) is 0. The van der Waals surface area contributed by atoms with Gasteiger partial charge < -0.3 is 10.1 Å². The van der Waals surface area contributed by atoms with E-state index in [1.807, 2.05) is 31.2 Å². The van der Waals surface area contributed by atoms with Crippen molar-refractivity contribution >= 4 is 11.9 Å². The topological polar surface area (TPSA) is 53.9 Å². The van der Waals surface area contributed by atoms with Crippen LogP contribution in [0.5, 0.6) is 5.75 Å². The molecule has 1 saturated heterocycles. The van der Waals surface area contributed by atoms with E-state index in [0.29, 0.717) is 11.5 Å². The number of carbonyl (C=O) groups excluding carboxylic acids is 1. The zero-order valence-electron chi connectivity index (χ0n) is 14.7. The first-order valence-electron chi connectivity index (χ1n) is 8.04. The van der Waals surface area contributed by atoms with Crippen LogP contribution in [0.25, 0.3) is 0 Å². The van der Waals surface area contributed by atoms with E-state index in [9.17, 15) is 13.6 Å². The van der Waals surface area contributed by atoms with Gasteiger partial charge in [-0.25, -0.2) is 0 Å². The molecule has 0 aliphatic carbocycles. The first-order valence-corrected chi connectivity index (χ1v) is 8.04. The summed E-state index contributed by atoms with van der Waals surface area (Å²) in [7, 11) is 3.24. The van der Waals surface area contributed by atoms with Gasteiger partial charge in [0.1, 0.15) is 5.75 Å². The number of benzene rings is 2. The predicted octanol–water partition coefficient (Wildman–Crippen LogP) is 2.89. The molecule has 2 aromatic rings. The highest BCUT2D eigenvalue weighted by Gasteiger charge is 2.51. The summed E-state index contributed by atoms with van der Waals surface area (Å²) in [5.41, 5.74) is 1.17. The number of carbonyl (C=O) groups is 1. The largest absolute Gasteiger partial charge is 0.435 e. The summed E-state index contributed by atoms with van der Waals surface area (Å²) >= 11 is 0. The average molecular weight is 359 g/mol. The van der Waals surface area contributed by atoms with E-state index in [2.05, 4.69) is 15.0 Å². The Morgan fingerprint density at radius 3 is 2.38 bits per heavy atom. The molecule has 26 heavy (non-hydrogen) atoms. The second kappa shape index (κ2) is 6.74. The fraction of sp³-hybridized carbons (Fsp3) is 0.263. The summed E-state index contributed by atoms with van der Waals surface area (Å²) in [5, 5.41) is 3.21. The van der Waals surface area contributed by atoms with Gasteiger partial charge in [-0.1, -0.05) is 42.0 Å². The molecule has 1 atom stereocenters. The normalized spacial score (nSPS) is 21.4. The van der Waals surface area contributed by atoms with Gasteiger partial charge in [0.15, 0.2) is 5.54 Å². The zero-order chi connectivity index (χ0) is 18.9. The molecule has 1 amide bonds. The van der Waals surface area contributed by atoms with Crippen molar-refractivity contribution in [3.8, 4) is 5.75 Å². The summed E-state index contributed by atoms with van der Waals surface area (Å²) in [4.78, 5) is 18.8. The minimum absolute atomic E-state index is 0.0336. The van der Waals surface area contributed by atoms with Crippen LogP contribution in [0, 0.1) is 6.92 Å². The fourth-order valence-corrected chi connectivity index (χ4v) is 3.18. The maximum Gasteiger partial charge on any atom is 0.387 e. The third kappa shape index (κ3) is 2.89. The van der Waals surface area contributed by atoms with E-state index in [1.54, 1.807) is 26.2 Å². The number of hydrogen-bond donors (Lipinski definition) is 1. The van der Waals surface area contributed by atoms with Crippen LogP contribution >= 0.6 is 0 Å². The molecule has 1 heterocycles. The van der Waals surface area contributed by atoms with Crippen LogP contribution in [-0.4, -0.2) is 37.5 Å². The molecule has 1 unspecified atom stereocenters. The van der Waals surface area contributed by atoms with Gasteiger partial charge in [-0.05, 0) is 30.2 Å². The van der Waals surface area contributed by atoms with E-state index in [4.69, 9.17) is 0 Å². The van der Waals surface area contributed by atoms with Crippen molar-refractivity contribution in [2.24, 2.45) is 4.99 Å². The highest BCUT2D eigenvalue weighted by Crippen LogP contribution is 2.36. The molecular weight excluding hydrogens is 340 g/mol. The van der Waals surface area contributed by atoms with Crippen molar-refractivity contribution in [3.63, 3.8) is 0 Å². The molecule has 1 aliphatic heterocycles. The lowest BCUT2D eigenvalue weighted by Crippen LogP contribution is -2.45. The maximum atomic E-state index is 13.2. The Kier molecular flexibility index (Phi) is 4.63. The van der Waals surface area contributed by atoms with Crippen LogP contribution in [0.4, 0.5) is 8.78 Å². The van der Waals surface area contributed by atoms with Gasteiger partial charge >= 0.3 is 6.61 Å². The molecular formula is C19H19F2N3O2. The van der Waals surface area contributed by atoms with Crippen LogP contribution in [-0.2, 0) is 10.3 Å². The summed E-state index contributed by atoms with van der Waals surface area (Å²) in [6.45, 7) is -0.961. The molecule has 2 aromatic carbocycles. The van der Waals surface area contributed by atoms with Crippen LogP contribution < -0.4 is 10.1 Å². The van der Waals surface area contributed by atoms with E-state index in [-0.39, 0.29) is 11.7 Å². The van der Waals surface area contributed by atoms with Crippen molar-refractivity contribution in [3.05, 3.63) is 65.2 Å². The first-order chi connectivity index (χ1) is 12.4. The smallest absolute Gasteiger partial charge is 0.387 e. The number of nitrogens with one attached hydrogen (secondary N) is 1. The van der Waals surface area contributed by atoms with E-state index < -0.39 is 12.2 Å². The van der Waals surface area contributed by atoms with Gasteiger partial charge in [-0.2, -0.15) is 8.78 Å². The lowest BCUT2D eigenvalue weighted by molar-refractivity contribution is -0.129. The highest BCUT2D eigenvalue weighted by molar-refractivity contribution is 6.11. The molecule has 5 nitrogen and oxygen atoms in total. The minimum Gasteiger partial charge on any atom is -0.435 e. The van der Waals surface area contributed by atoms with Crippen molar-refractivity contribution < 1.29 is 18.3 Å². The Labute approximate surface area is 150 Å². The van der Waals surface area contributed by atoms with Crippen LogP contribution in [0.15, 0.2) is 53.5 Å². The zero-order valence-corrected chi connectivity index (χ0v) is 14.7. The highest BCUT2D eigenvalue weighted by atomic mass is 19.3. The monoisotopic (exact) mass is 359 g/mol. The molecule has 7 heteroatoms. The third-order valence-electron chi connectivity index (χ3n) is 4.42. The Morgan fingerprint density at radius 1 is 1.15 bits per heavy atom. The van der Waals surface area contributed by atoms with E-state index in [1.165, 1.54) is 17.0 Å². The van der Waals surface area contributed by atoms with Crippen molar-refractivity contribution in [2.45, 2.75) is 19.1 Å². The van der Waals surface area contributed by atoms with E-state index in [0.717, 1.165) is 11.1 Å². The minimum atomic E-state index is -2.90. The molecule has 3 rings (SSSR count). The van der Waals surface area contributed by atoms with Gasteiger partial charge in [-0.3, -0.25) is 14.7 Å². The van der Waals surface area contributed by atoms with Crippen LogP contribution in [0.1, 0.15) is 16.7 Å². The van der Waals surface area contributed by atoms with Gasteiger partial charge in [0.25, 0.3) is 5.91 Å². The second-order valence-corrected chi connectivity index (χ2v) is 6.06. The number of guanidine groups is 1. The number of ether oxygens (including phenoxy) is 1. The molecule has 1 N–H and O–H groups in total. The number of aryl methyl sites for hydroxylation is 1. The van der Waals surface area contributed by atoms with E-state index >= 15 is 0 Å². The van der Waals surface area contributed by atoms with Gasteiger partial charge in [0.2, 0.25) is 5.96 Å². The molecule has 1 fully saturated rings. The summed E-state index contributed by atoms with van der Waals surface area (Å²) in [6, 6.07) is 13.7. The Balaban J connectivity index is 2.15. The predicted molar refractivity (Wildman–Crippen MR) is 94.3 cm³/mol. The molecule has 0 bridgehead atoms. The Bertz CT molecular complexity index is 852. The molecule has 136 valence electrons. The van der Waals surface area contributed by atoms with Crippen molar-refractivity contribution in [1.29, 1.82) is 0 Å². The Hall–Kier alpha value is -2.96. The number of rotatable bonds is 4. The molecule has 0 radical (unpaired) electrons. The first kappa shape index (κ1) is 17.8. The van der Waals surface area contributed by atoms with Gasteiger partial charge in [0, 0.05) is 14.1 Å². The number of alkyl halides is 2. The molecule has 0 spiro atoms. The number of halogens is 2. The third-order valence-corrected chi connectivity index (χ3v) is 4.42. The molecule has 1 aliphatic rings.